The molecule has 5 aromatic rings. The minimum atomic E-state index is 0.472. The van der Waals surface area contributed by atoms with Gasteiger partial charge in [-0.15, -0.1) is 0 Å². The molecule has 0 atom stereocenters. The number of hydrogen-bond donors (Lipinski definition) is 0. The molecule has 7 nitrogen and oxygen atoms in total. The van der Waals surface area contributed by atoms with Crippen LogP contribution < -0.4 is 0 Å². The Bertz CT molecular complexity index is 1420. The van der Waals surface area contributed by atoms with Crippen LogP contribution >= 0.6 is 0 Å². The molecule has 3 aromatic heterocycles. The number of carbonyl (C=O) groups excluding carboxylic acids is 1. The normalized spacial score (nSPS) is 12.0. The number of allylic oxidation sites excluding steroid dienone is 1. The Hall–Kier alpha value is -4.13. The molecule has 0 aliphatic carbocycles. The van der Waals surface area contributed by atoms with E-state index in [1.165, 1.54) is 0 Å². The van der Waals surface area contributed by atoms with Crippen molar-refractivity contribution in [2.75, 3.05) is 14.1 Å². The SMILES string of the molecule is Cc1nn(-c2ccccc2)c2oc3c(c(/C(C=O)=C/N(C)C)nn3-c3ccccc3)c12. The number of aldehydes is 1. The van der Waals surface area contributed by atoms with Gasteiger partial charge in [0.1, 0.15) is 5.69 Å². The second-order valence-electron chi connectivity index (χ2n) is 7.56. The predicted octanol–water partition coefficient (Wildman–Crippen LogP) is 4.37. The summed E-state index contributed by atoms with van der Waals surface area (Å²) in [7, 11) is 3.75. The van der Waals surface area contributed by atoms with Gasteiger partial charge in [0.2, 0.25) is 11.4 Å². The highest BCUT2D eigenvalue weighted by Gasteiger charge is 2.26. The van der Waals surface area contributed by atoms with Gasteiger partial charge in [-0.05, 0) is 31.2 Å². The van der Waals surface area contributed by atoms with Gasteiger partial charge in [0.15, 0.2) is 6.29 Å². The molecule has 31 heavy (non-hydrogen) atoms. The number of benzene rings is 2. The second kappa shape index (κ2) is 7.28. The van der Waals surface area contributed by atoms with Crippen LogP contribution in [0.25, 0.3) is 39.1 Å². The molecular weight excluding hydrogens is 390 g/mol. The fourth-order valence-electron chi connectivity index (χ4n) is 3.82. The third kappa shape index (κ3) is 3.02. The van der Waals surface area contributed by atoms with Crippen molar-refractivity contribution in [1.82, 2.24) is 24.5 Å². The Balaban J connectivity index is 1.89. The van der Waals surface area contributed by atoms with Gasteiger partial charge in [-0.3, -0.25) is 4.79 Å². The molecule has 7 heteroatoms. The van der Waals surface area contributed by atoms with E-state index < -0.39 is 0 Å². The first-order valence-electron chi connectivity index (χ1n) is 9.94. The minimum absolute atomic E-state index is 0.472. The molecule has 0 N–H and O–H groups in total. The summed E-state index contributed by atoms with van der Waals surface area (Å²) in [5.41, 5.74) is 4.79. The maximum absolute atomic E-state index is 12.0. The lowest BCUT2D eigenvalue weighted by molar-refractivity contribution is -0.103. The van der Waals surface area contributed by atoms with Crippen LogP contribution in [-0.4, -0.2) is 44.8 Å². The number of para-hydroxylation sites is 2. The van der Waals surface area contributed by atoms with Gasteiger partial charge in [0.25, 0.3) is 0 Å². The maximum Gasteiger partial charge on any atom is 0.233 e. The minimum Gasteiger partial charge on any atom is -0.419 e. The molecule has 0 saturated heterocycles. The summed E-state index contributed by atoms with van der Waals surface area (Å²) in [5, 5.41) is 11.1. The van der Waals surface area contributed by atoms with Crippen LogP contribution in [0.5, 0.6) is 0 Å². The topological polar surface area (TPSA) is 69.1 Å². The summed E-state index contributed by atoms with van der Waals surface area (Å²) in [4.78, 5) is 13.8. The number of fused-ring (bicyclic) bond motifs is 3. The quantitative estimate of drug-likeness (QED) is 0.317. The molecule has 0 aliphatic heterocycles. The largest absolute Gasteiger partial charge is 0.419 e. The van der Waals surface area contributed by atoms with Crippen LogP contribution in [0.1, 0.15) is 11.4 Å². The van der Waals surface area contributed by atoms with Crippen LogP contribution in [0.15, 0.2) is 71.3 Å². The van der Waals surface area contributed by atoms with Gasteiger partial charge < -0.3 is 9.32 Å². The van der Waals surface area contributed by atoms with Crippen molar-refractivity contribution in [2.45, 2.75) is 6.92 Å². The second-order valence-corrected chi connectivity index (χ2v) is 7.56. The average Bonchev–Trinajstić information content (AvgIpc) is 3.43. The molecule has 0 saturated carbocycles. The number of hydrogen-bond acceptors (Lipinski definition) is 5. The Morgan fingerprint density at radius 3 is 1.97 bits per heavy atom. The van der Waals surface area contributed by atoms with E-state index in [1.54, 1.807) is 15.6 Å². The predicted molar refractivity (Wildman–Crippen MR) is 120 cm³/mol. The first-order valence-corrected chi connectivity index (χ1v) is 9.94. The third-order valence-corrected chi connectivity index (χ3v) is 5.10. The lowest BCUT2D eigenvalue weighted by Gasteiger charge is -2.06. The third-order valence-electron chi connectivity index (χ3n) is 5.10. The lowest BCUT2D eigenvalue weighted by Crippen LogP contribution is -2.04. The van der Waals surface area contributed by atoms with E-state index in [-0.39, 0.29) is 0 Å². The van der Waals surface area contributed by atoms with Gasteiger partial charge in [-0.2, -0.15) is 19.6 Å². The molecule has 3 heterocycles. The van der Waals surface area contributed by atoms with Crippen LogP contribution in [-0.2, 0) is 4.79 Å². The Kier molecular flexibility index (Phi) is 4.43. The van der Waals surface area contributed by atoms with Gasteiger partial charge in [0, 0.05) is 20.3 Å². The first-order chi connectivity index (χ1) is 15.1. The van der Waals surface area contributed by atoms with Gasteiger partial charge in [-0.1, -0.05) is 36.4 Å². The molecule has 0 bridgehead atoms. The van der Waals surface area contributed by atoms with Gasteiger partial charge in [0.05, 0.1) is 33.4 Å². The van der Waals surface area contributed by atoms with Crippen LogP contribution in [0.3, 0.4) is 0 Å². The van der Waals surface area contributed by atoms with E-state index in [0.717, 1.165) is 34.1 Å². The summed E-state index contributed by atoms with van der Waals surface area (Å²) >= 11 is 0. The molecule has 0 fully saturated rings. The number of aromatic nitrogens is 4. The number of aryl methyl sites for hydroxylation is 1. The molecule has 0 aliphatic rings. The fraction of sp³-hybridized carbons (Fsp3) is 0.125. The molecule has 0 amide bonds. The Labute approximate surface area is 178 Å². The van der Waals surface area contributed by atoms with Crippen molar-refractivity contribution in [3.63, 3.8) is 0 Å². The van der Waals surface area contributed by atoms with Crippen molar-refractivity contribution >= 4 is 34.1 Å². The Morgan fingerprint density at radius 2 is 1.42 bits per heavy atom. The smallest absolute Gasteiger partial charge is 0.233 e. The zero-order valence-electron chi connectivity index (χ0n) is 17.5. The Morgan fingerprint density at radius 1 is 0.871 bits per heavy atom. The van der Waals surface area contributed by atoms with Crippen LogP contribution in [0.2, 0.25) is 0 Å². The van der Waals surface area contributed by atoms with E-state index in [9.17, 15) is 4.79 Å². The summed E-state index contributed by atoms with van der Waals surface area (Å²) in [5.74, 6) is 0. The number of nitrogens with zero attached hydrogens (tertiary/aromatic N) is 5. The highest BCUT2D eigenvalue weighted by molar-refractivity contribution is 6.17. The van der Waals surface area contributed by atoms with E-state index >= 15 is 0 Å². The van der Waals surface area contributed by atoms with Crippen molar-refractivity contribution in [2.24, 2.45) is 0 Å². The highest BCUT2D eigenvalue weighted by Crippen LogP contribution is 2.38. The first kappa shape index (κ1) is 18.9. The van der Waals surface area contributed by atoms with Crippen molar-refractivity contribution in [1.29, 1.82) is 0 Å². The number of rotatable bonds is 5. The highest BCUT2D eigenvalue weighted by atomic mass is 16.4. The van der Waals surface area contributed by atoms with E-state index in [4.69, 9.17) is 14.6 Å². The fourth-order valence-corrected chi connectivity index (χ4v) is 3.82. The monoisotopic (exact) mass is 411 g/mol. The van der Waals surface area contributed by atoms with E-state index in [2.05, 4.69) is 0 Å². The molecule has 2 aromatic carbocycles. The molecule has 0 unspecified atom stereocenters. The average molecular weight is 411 g/mol. The molecule has 154 valence electrons. The zero-order chi connectivity index (χ0) is 21.5. The summed E-state index contributed by atoms with van der Waals surface area (Å²) < 4.78 is 9.90. The summed E-state index contributed by atoms with van der Waals surface area (Å²) in [6, 6.07) is 19.6. The maximum atomic E-state index is 12.0. The van der Waals surface area contributed by atoms with Crippen molar-refractivity contribution in [3.8, 4) is 11.4 Å². The van der Waals surface area contributed by atoms with Gasteiger partial charge in [-0.25, -0.2) is 0 Å². The summed E-state index contributed by atoms with van der Waals surface area (Å²) in [6.07, 6.45) is 2.59. The molecular formula is C24H21N5O2. The van der Waals surface area contributed by atoms with Gasteiger partial charge >= 0.3 is 0 Å². The number of furan rings is 1. The standard InChI is InChI=1S/C24H21N5O2/c1-16-20-21-22(17(15-30)14-27(2)3)26-29(19-12-8-5-9-13-19)24(21)31-23(20)28(25-16)18-10-6-4-7-11-18/h4-15H,1-3H3/b17-14+. The lowest BCUT2D eigenvalue weighted by atomic mass is 10.1. The molecule has 0 spiro atoms. The summed E-state index contributed by atoms with van der Waals surface area (Å²) in [6.45, 7) is 1.94. The molecule has 5 rings (SSSR count). The molecule has 0 radical (unpaired) electrons. The van der Waals surface area contributed by atoms with Crippen molar-refractivity contribution < 1.29 is 9.21 Å². The van der Waals surface area contributed by atoms with E-state index in [0.29, 0.717) is 22.7 Å². The van der Waals surface area contributed by atoms with Crippen LogP contribution in [0, 0.1) is 6.92 Å². The van der Waals surface area contributed by atoms with Crippen LogP contribution in [0.4, 0.5) is 0 Å². The zero-order valence-corrected chi connectivity index (χ0v) is 17.5. The van der Waals surface area contributed by atoms with E-state index in [1.807, 2.05) is 86.6 Å². The van der Waals surface area contributed by atoms with Crippen molar-refractivity contribution in [3.05, 3.63) is 78.3 Å². The number of carbonyl (C=O) groups is 1.